The summed E-state index contributed by atoms with van der Waals surface area (Å²) in [5.74, 6) is -0.486. The predicted molar refractivity (Wildman–Crippen MR) is 97.5 cm³/mol. The highest BCUT2D eigenvalue weighted by Crippen LogP contribution is 2.29. The Hall–Kier alpha value is -1.92. The van der Waals surface area contributed by atoms with Crippen molar-refractivity contribution >= 4 is 34.8 Å². The molecule has 0 aliphatic rings. The average molecular weight is 366 g/mol. The van der Waals surface area contributed by atoms with Crippen molar-refractivity contribution in [3.63, 3.8) is 0 Å². The summed E-state index contributed by atoms with van der Waals surface area (Å²) in [7, 11) is 0. The molecule has 1 aromatic carbocycles. The van der Waals surface area contributed by atoms with Gasteiger partial charge in [-0.1, -0.05) is 30.7 Å². The summed E-state index contributed by atoms with van der Waals surface area (Å²) in [4.78, 5) is 29.2. The van der Waals surface area contributed by atoms with Gasteiger partial charge in [0.05, 0.1) is 5.69 Å². The molecule has 2 N–H and O–H groups in total. The minimum absolute atomic E-state index is 0.192. The van der Waals surface area contributed by atoms with E-state index >= 15 is 0 Å². The van der Waals surface area contributed by atoms with E-state index in [2.05, 4.69) is 15.6 Å². The van der Waals surface area contributed by atoms with Gasteiger partial charge in [-0.15, -0.1) is 11.3 Å². The molecule has 0 bridgehead atoms. The molecule has 1 aromatic heterocycles. The standard InChI is InChI=1S/C17H20ClN3O2S/c1-4-8-19-15(22)11(3)20-16(23)14-10(2)21-17(24-14)12-6-5-7-13(18)9-12/h5-7,9,11H,4,8H2,1-3H3,(H,19,22)(H,20,23)/t11-/m0/s1. The number of nitrogens with one attached hydrogen (secondary N) is 2. The molecule has 24 heavy (non-hydrogen) atoms. The molecule has 0 fully saturated rings. The number of carbonyl (C=O) groups is 2. The van der Waals surface area contributed by atoms with Gasteiger partial charge in [0.25, 0.3) is 5.91 Å². The van der Waals surface area contributed by atoms with E-state index in [1.807, 2.05) is 25.1 Å². The van der Waals surface area contributed by atoms with Crippen LogP contribution in [-0.2, 0) is 4.79 Å². The van der Waals surface area contributed by atoms with Crippen LogP contribution in [0.15, 0.2) is 24.3 Å². The molecule has 5 nitrogen and oxygen atoms in total. The van der Waals surface area contributed by atoms with Gasteiger partial charge in [0.1, 0.15) is 15.9 Å². The highest BCUT2D eigenvalue weighted by atomic mass is 35.5. The number of hydrogen-bond donors (Lipinski definition) is 2. The van der Waals surface area contributed by atoms with Gasteiger partial charge >= 0.3 is 0 Å². The first-order valence-corrected chi connectivity index (χ1v) is 8.93. The molecule has 2 aromatic rings. The summed E-state index contributed by atoms with van der Waals surface area (Å²) < 4.78 is 0. The molecule has 128 valence electrons. The van der Waals surface area contributed by atoms with E-state index in [1.54, 1.807) is 19.9 Å². The number of aromatic nitrogens is 1. The van der Waals surface area contributed by atoms with Crippen molar-refractivity contribution in [2.75, 3.05) is 6.54 Å². The molecule has 2 rings (SSSR count). The second-order valence-corrected chi connectivity index (χ2v) is 6.87. The Morgan fingerprint density at radius 1 is 1.38 bits per heavy atom. The van der Waals surface area contributed by atoms with Crippen LogP contribution >= 0.6 is 22.9 Å². The van der Waals surface area contributed by atoms with Crippen molar-refractivity contribution in [1.82, 2.24) is 15.6 Å². The van der Waals surface area contributed by atoms with Gasteiger partial charge in [0.15, 0.2) is 0 Å². The lowest BCUT2D eigenvalue weighted by Crippen LogP contribution is -2.44. The van der Waals surface area contributed by atoms with E-state index in [1.165, 1.54) is 11.3 Å². The van der Waals surface area contributed by atoms with Gasteiger partial charge < -0.3 is 10.6 Å². The van der Waals surface area contributed by atoms with Crippen molar-refractivity contribution in [3.05, 3.63) is 39.9 Å². The van der Waals surface area contributed by atoms with Gasteiger partial charge in [-0.25, -0.2) is 4.98 Å². The van der Waals surface area contributed by atoms with Crippen molar-refractivity contribution in [3.8, 4) is 10.6 Å². The summed E-state index contributed by atoms with van der Waals surface area (Å²) in [5.41, 5.74) is 1.50. The van der Waals surface area contributed by atoms with Crippen LogP contribution in [0.3, 0.4) is 0 Å². The molecular formula is C17H20ClN3O2S. The Balaban J connectivity index is 2.12. The van der Waals surface area contributed by atoms with Crippen LogP contribution in [0.25, 0.3) is 10.6 Å². The van der Waals surface area contributed by atoms with Gasteiger partial charge in [-0.3, -0.25) is 9.59 Å². The largest absolute Gasteiger partial charge is 0.354 e. The fourth-order valence-corrected chi connectivity index (χ4v) is 3.24. The molecule has 0 unspecified atom stereocenters. The van der Waals surface area contributed by atoms with Crippen LogP contribution in [0.5, 0.6) is 0 Å². The van der Waals surface area contributed by atoms with E-state index in [-0.39, 0.29) is 11.8 Å². The fraction of sp³-hybridized carbons (Fsp3) is 0.353. The second kappa shape index (κ2) is 8.26. The van der Waals surface area contributed by atoms with E-state index < -0.39 is 6.04 Å². The first-order valence-electron chi connectivity index (χ1n) is 7.74. The summed E-state index contributed by atoms with van der Waals surface area (Å²) in [6.07, 6.45) is 0.851. The Kier molecular flexibility index (Phi) is 6.34. The maximum Gasteiger partial charge on any atom is 0.263 e. The molecule has 0 aliphatic heterocycles. The Bertz CT molecular complexity index is 745. The van der Waals surface area contributed by atoms with Gasteiger partial charge in [0, 0.05) is 17.1 Å². The quantitative estimate of drug-likeness (QED) is 0.824. The Labute approximate surface area is 150 Å². The van der Waals surface area contributed by atoms with Gasteiger partial charge in [-0.2, -0.15) is 0 Å². The molecule has 0 spiro atoms. The smallest absolute Gasteiger partial charge is 0.263 e. The SMILES string of the molecule is CCCNC(=O)[C@H](C)NC(=O)c1sc(-c2cccc(Cl)c2)nc1C. The van der Waals surface area contributed by atoms with E-state index in [9.17, 15) is 9.59 Å². The monoisotopic (exact) mass is 365 g/mol. The van der Waals surface area contributed by atoms with Crippen molar-refractivity contribution < 1.29 is 9.59 Å². The number of benzene rings is 1. The maximum atomic E-state index is 12.4. The molecule has 1 atom stereocenters. The molecule has 1 heterocycles. The Morgan fingerprint density at radius 2 is 2.12 bits per heavy atom. The van der Waals surface area contributed by atoms with Gasteiger partial charge in [0.2, 0.25) is 5.91 Å². The molecule has 0 aliphatic carbocycles. The number of thiazole rings is 1. The lowest BCUT2D eigenvalue weighted by molar-refractivity contribution is -0.122. The highest BCUT2D eigenvalue weighted by Gasteiger charge is 2.20. The number of halogens is 1. The number of rotatable bonds is 6. The zero-order valence-corrected chi connectivity index (χ0v) is 15.4. The number of carbonyl (C=O) groups excluding carboxylic acids is 2. The molecule has 7 heteroatoms. The highest BCUT2D eigenvalue weighted by molar-refractivity contribution is 7.17. The average Bonchev–Trinajstić information content (AvgIpc) is 2.94. The molecule has 0 radical (unpaired) electrons. The number of amides is 2. The molecule has 0 saturated carbocycles. The third kappa shape index (κ3) is 4.55. The van der Waals surface area contributed by atoms with E-state index in [0.29, 0.717) is 22.1 Å². The van der Waals surface area contributed by atoms with E-state index in [0.717, 1.165) is 17.0 Å². The molecular weight excluding hydrogens is 346 g/mol. The van der Waals surface area contributed by atoms with Gasteiger partial charge in [-0.05, 0) is 32.4 Å². The third-order valence-corrected chi connectivity index (χ3v) is 4.80. The van der Waals surface area contributed by atoms with Crippen molar-refractivity contribution in [2.24, 2.45) is 0 Å². The van der Waals surface area contributed by atoms with Crippen LogP contribution in [0, 0.1) is 6.92 Å². The predicted octanol–water partition coefficient (Wildman–Crippen LogP) is 3.42. The summed E-state index contributed by atoms with van der Waals surface area (Å²) in [6.45, 7) is 6.01. The van der Waals surface area contributed by atoms with Crippen LogP contribution < -0.4 is 10.6 Å². The maximum absolute atomic E-state index is 12.4. The Morgan fingerprint density at radius 3 is 2.79 bits per heavy atom. The summed E-state index contributed by atoms with van der Waals surface area (Å²) in [5, 5.41) is 6.82. The third-order valence-electron chi connectivity index (χ3n) is 3.36. The minimum Gasteiger partial charge on any atom is -0.354 e. The molecule has 2 amide bonds. The van der Waals surface area contributed by atoms with Crippen LogP contribution in [0.2, 0.25) is 5.02 Å². The molecule has 0 saturated heterocycles. The van der Waals surface area contributed by atoms with Crippen molar-refractivity contribution in [2.45, 2.75) is 33.2 Å². The van der Waals surface area contributed by atoms with E-state index in [4.69, 9.17) is 11.6 Å². The number of aryl methyl sites for hydroxylation is 1. The minimum atomic E-state index is -0.597. The number of nitrogens with zero attached hydrogens (tertiary/aromatic N) is 1. The lowest BCUT2D eigenvalue weighted by Gasteiger charge is -2.13. The van der Waals surface area contributed by atoms with Crippen LogP contribution in [0.1, 0.15) is 35.6 Å². The second-order valence-electron chi connectivity index (χ2n) is 5.43. The topological polar surface area (TPSA) is 71.1 Å². The summed E-state index contributed by atoms with van der Waals surface area (Å²) >= 11 is 7.29. The lowest BCUT2D eigenvalue weighted by atomic mass is 10.2. The first kappa shape index (κ1) is 18.4. The number of hydrogen-bond acceptors (Lipinski definition) is 4. The first-order chi connectivity index (χ1) is 11.4. The zero-order valence-electron chi connectivity index (χ0n) is 13.9. The summed E-state index contributed by atoms with van der Waals surface area (Å²) in [6, 6.07) is 6.74. The normalized spacial score (nSPS) is 11.8. The van der Waals surface area contributed by atoms with Crippen molar-refractivity contribution in [1.29, 1.82) is 0 Å². The van der Waals surface area contributed by atoms with Crippen LogP contribution in [-0.4, -0.2) is 29.4 Å². The fourth-order valence-electron chi connectivity index (χ4n) is 2.08. The van der Waals surface area contributed by atoms with Crippen LogP contribution in [0.4, 0.5) is 0 Å². The zero-order chi connectivity index (χ0) is 17.7.